The maximum Gasteiger partial charge on any atom is 0.320 e. The van der Waals surface area contributed by atoms with Crippen LogP contribution in [0.2, 0.25) is 0 Å². The molecule has 0 spiro atoms. The normalized spacial score (nSPS) is 27.1. The number of likely N-dealkylation sites (tertiary alicyclic amines) is 2. The molecule has 1 aromatic carbocycles. The van der Waals surface area contributed by atoms with E-state index in [0.717, 1.165) is 39.1 Å². The summed E-state index contributed by atoms with van der Waals surface area (Å²) >= 11 is 0. The van der Waals surface area contributed by atoms with E-state index in [2.05, 4.69) is 35.6 Å². The van der Waals surface area contributed by atoms with Crippen LogP contribution in [-0.2, 0) is 4.74 Å². The molecule has 6 heteroatoms. The number of benzene rings is 1. The van der Waals surface area contributed by atoms with E-state index >= 15 is 0 Å². The predicted octanol–water partition coefficient (Wildman–Crippen LogP) is 2.44. The number of piperidine rings is 2. The molecule has 2 amide bonds. The van der Waals surface area contributed by atoms with Crippen molar-refractivity contribution in [3.63, 3.8) is 0 Å². The summed E-state index contributed by atoms with van der Waals surface area (Å²) in [5, 5.41) is 13.5. The Kier molecular flexibility index (Phi) is 6.42. The molecule has 0 aromatic heterocycles. The maximum absolute atomic E-state index is 12.8. The Morgan fingerprint density at radius 1 is 1.14 bits per heavy atom. The van der Waals surface area contributed by atoms with Crippen LogP contribution in [0.3, 0.4) is 0 Å². The Balaban J connectivity index is 1.27. The minimum absolute atomic E-state index is 0.105. The molecule has 2 aliphatic heterocycles. The molecule has 2 saturated heterocycles. The van der Waals surface area contributed by atoms with Crippen molar-refractivity contribution < 1.29 is 14.6 Å². The molecule has 3 fully saturated rings. The first-order chi connectivity index (χ1) is 14.1. The van der Waals surface area contributed by atoms with Crippen LogP contribution < -0.4 is 5.32 Å². The SMILES string of the molecule is COCC1(CNC2CC2c2ccccc2)CCN(C(=O)N2CCC(O)CC2)CC1. The molecule has 3 aliphatic rings. The first kappa shape index (κ1) is 20.6. The third-order valence-corrected chi connectivity index (χ3v) is 7.04. The van der Waals surface area contributed by atoms with Gasteiger partial charge in [-0.2, -0.15) is 0 Å². The fraction of sp³-hybridized carbons (Fsp3) is 0.696. The second-order valence-corrected chi connectivity index (χ2v) is 9.16. The Labute approximate surface area is 174 Å². The molecule has 0 bridgehead atoms. The zero-order valence-electron chi connectivity index (χ0n) is 17.6. The summed E-state index contributed by atoms with van der Waals surface area (Å²) < 4.78 is 5.59. The van der Waals surface area contributed by atoms with Gasteiger partial charge in [0, 0.05) is 57.2 Å². The van der Waals surface area contributed by atoms with Gasteiger partial charge >= 0.3 is 6.03 Å². The fourth-order valence-corrected chi connectivity index (χ4v) is 4.94. The highest BCUT2D eigenvalue weighted by Gasteiger charge is 2.42. The molecule has 0 radical (unpaired) electrons. The van der Waals surface area contributed by atoms with Crippen molar-refractivity contribution in [3.8, 4) is 0 Å². The summed E-state index contributed by atoms with van der Waals surface area (Å²) in [5.74, 6) is 0.631. The number of ether oxygens (including phenoxy) is 1. The number of aliphatic hydroxyl groups is 1. The molecule has 2 N–H and O–H groups in total. The van der Waals surface area contributed by atoms with E-state index in [1.54, 1.807) is 7.11 Å². The number of rotatable bonds is 6. The Morgan fingerprint density at radius 2 is 1.79 bits per heavy atom. The Morgan fingerprint density at radius 3 is 2.45 bits per heavy atom. The van der Waals surface area contributed by atoms with Gasteiger partial charge < -0.3 is 25.0 Å². The quantitative estimate of drug-likeness (QED) is 0.769. The van der Waals surface area contributed by atoms with Crippen LogP contribution in [-0.4, -0.2) is 79.5 Å². The average molecular weight is 402 g/mol. The average Bonchev–Trinajstić information content (AvgIpc) is 3.54. The molecule has 4 rings (SSSR count). The van der Waals surface area contributed by atoms with Gasteiger partial charge in [-0.3, -0.25) is 0 Å². The highest BCUT2D eigenvalue weighted by atomic mass is 16.5. The van der Waals surface area contributed by atoms with Crippen LogP contribution in [0.25, 0.3) is 0 Å². The molecule has 2 heterocycles. The van der Waals surface area contributed by atoms with Crippen LogP contribution in [0.15, 0.2) is 30.3 Å². The van der Waals surface area contributed by atoms with Crippen LogP contribution in [0.4, 0.5) is 4.79 Å². The van der Waals surface area contributed by atoms with E-state index in [9.17, 15) is 9.90 Å². The van der Waals surface area contributed by atoms with Gasteiger partial charge in [0.2, 0.25) is 0 Å². The molecule has 160 valence electrons. The van der Waals surface area contributed by atoms with Gasteiger partial charge in [0.15, 0.2) is 0 Å². The van der Waals surface area contributed by atoms with Gasteiger partial charge in [0.05, 0.1) is 12.7 Å². The zero-order valence-corrected chi connectivity index (χ0v) is 17.6. The van der Waals surface area contributed by atoms with Gasteiger partial charge in [-0.1, -0.05) is 30.3 Å². The number of urea groups is 1. The second-order valence-electron chi connectivity index (χ2n) is 9.16. The van der Waals surface area contributed by atoms with E-state index in [1.807, 2.05) is 9.80 Å². The maximum atomic E-state index is 12.8. The zero-order chi connectivity index (χ0) is 20.3. The van der Waals surface area contributed by atoms with Gasteiger partial charge in [0.25, 0.3) is 0 Å². The van der Waals surface area contributed by atoms with Crippen LogP contribution in [0, 0.1) is 5.41 Å². The third kappa shape index (κ3) is 4.93. The van der Waals surface area contributed by atoms with Crippen molar-refractivity contribution in [1.82, 2.24) is 15.1 Å². The number of hydrogen-bond acceptors (Lipinski definition) is 4. The first-order valence-corrected chi connectivity index (χ1v) is 11.1. The highest BCUT2D eigenvalue weighted by Crippen LogP contribution is 2.42. The smallest absolute Gasteiger partial charge is 0.320 e. The fourth-order valence-electron chi connectivity index (χ4n) is 4.94. The van der Waals surface area contributed by atoms with E-state index < -0.39 is 0 Å². The van der Waals surface area contributed by atoms with Crippen LogP contribution in [0.5, 0.6) is 0 Å². The monoisotopic (exact) mass is 401 g/mol. The topological polar surface area (TPSA) is 65.0 Å². The number of carbonyl (C=O) groups excluding carboxylic acids is 1. The van der Waals surface area contributed by atoms with Gasteiger partial charge in [-0.05, 0) is 37.7 Å². The molecule has 6 nitrogen and oxygen atoms in total. The Hall–Kier alpha value is -1.63. The van der Waals surface area contributed by atoms with Crippen molar-refractivity contribution >= 4 is 6.03 Å². The van der Waals surface area contributed by atoms with Gasteiger partial charge in [-0.15, -0.1) is 0 Å². The first-order valence-electron chi connectivity index (χ1n) is 11.1. The summed E-state index contributed by atoms with van der Waals surface area (Å²) in [7, 11) is 1.78. The molecule has 29 heavy (non-hydrogen) atoms. The van der Waals surface area contributed by atoms with E-state index in [4.69, 9.17) is 4.74 Å². The number of nitrogens with zero attached hydrogens (tertiary/aromatic N) is 2. The van der Waals surface area contributed by atoms with Gasteiger partial charge in [0.1, 0.15) is 0 Å². The molecule has 2 atom stereocenters. The summed E-state index contributed by atoms with van der Waals surface area (Å²) in [6.45, 7) is 4.60. The number of carbonyl (C=O) groups is 1. The van der Waals surface area contributed by atoms with Crippen molar-refractivity contribution in [3.05, 3.63) is 35.9 Å². The molecular formula is C23H35N3O3. The number of hydrogen-bond donors (Lipinski definition) is 2. The molecule has 2 unspecified atom stereocenters. The van der Waals surface area contributed by atoms with Crippen molar-refractivity contribution in [1.29, 1.82) is 0 Å². The highest BCUT2D eigenvalue weighted by molar-refractivity contribution is 5.74. The van der Waals surface area contributed by atoms with Gasteiger partial charge in [-0.25, -0.2) is 4.79 Å². The number of aliphatic hydroxyl groups excluding tert-OH is 1. The van der Waals surface area contributed by atoms with E-state index in [0.29, 0.717) is 37.9 Å². The lowest BCUT2D eigenvalue weighted by Crippen LogP contribution is -2.53. The largest absolute Gasteiger partial charge is 0.393 e. The van der Waals surface area contributed by atoms with Crippen LogP contribution >= 0.6 is 0 Å². The Bertz CT molecular complexity index is 667. The molecular weight excluding hydrogens is 366 g/mol. The van der Waals surface area contributed by atoms with E-state index in [1.165, 1.54) is 12.0 Å². The van der Waals surface area contributed by atoms with Crippen LogP contribution in [0.1, 0.15) is 43.6 Å². The summed E-state index contributed by atoms with van der Waals surface area (Å²) in [6.07, 6.45) is 4.29. The predicted molar refractivity (Wildman–Crippen MR) is 113 cm³/mol. The molecule has 1 aliphatic carbocycles. The standard InChI is InChI=1S/C23H35N3O3/c1-29-17-23(16-24-21-15-20(21)18-5-3-2-4-6-18)9-13-26(14-10-23)22(28)25-11-7-19(27)8-12-25/h2-6,19-21,24,27H,7-17H2,1H3. The minimum Gasteiger partial charge on any atom is -0.393 e. The van der Waals surface area contributed by atoms with Crippen molar-refractivity contribution in [2.24, 2.45) is 5.41 Å². The lowest BCUT2D eigenvalue weighted by molar-refractivity contribution is 0.0217. The number of nitrogens with one attached hydrogen (secondary N) is 1. The third-order valence-electron chi connectivity index (χ3n) is 7.04. The summed E-state index contributed by atoms with van der Waals surface area (Å²) in [5.41, 5.74) is 1.53. The lowest BCUT2D eigenvalue weighted by atomic mass is 9.79. The second kappa shape index (κ2) is 9.02. The number of methoxy groups -OCH3 is 1. The summed E-state index contributed by atoms with van der Waals surface area (Å²) in [6, 6.07) is 11.5. The minimum atomic E-state index is -0.247. The number of amides is 2. The van der Waals surface area contributed by atoms with Crippen molar-refractivity contribution in [2.45, 2.75) is 50.2 Å². The summed E-state index contributed by atoms with van der Waals surface area (Å²) in [4.78, 5) is 16.7. The molecule has 1 saturated carbocycles. The van der Waals surface area contributed by atoms with Crippen molar-refractivity contribution in [2.75, 3.05) is 46.4 Å². The van der Waals surface area contributed by atoms with E-state index in [-0.39, 0.29) is 17.6 Å². The molecule has 1 aromatic rings. The lowest BCUT2D eigenvalue weighted by Gasteiger charge is -2.43.